The van der Waals surface area contributed by atoms with Crippen LogP contribution in [-0.4, -0.2) is 35.8 Å². The van der Waals surface area contributed by atoms with Crippen molar-refractivity contribution in [2.24, 2.45) is 0 Å². The van der Waals surface area contributed by atoms with Gasteiger partial charge in [-0.1, -0.05) is 30.3 Å². The van der Waals surface area contributed by atoms with Gasteiger partial charge in [-0.05, 0) is 66.3 Å². The number of nitrogens with one attached hydrogen (secondary N) is 1. The van der Waals surface area contributed by atoms with Crippen molar-refractivity contribution in [2.75, 3.05) is 0 Å². The van der Waals surface area contributed by atoms with Gasteiger partial charge in [0.1, 0.15) is 16.4 Å². The zero-order valence-corrected chi connectivity index (χ0v) is 20.4. The van der Waals surface area contributed by atoms with Crippen molar-refractivity contribution < 1.29 is 17.9 Å². The minimum atomic E-state index is -3.80. The van der Waals surface area contributed by atoms with E-state index in [1.54, 1.807) is 23.7 Å². The van der Waals surface area contributed by atoms with Crippen LogP contribution in [0.15, 0.2) is 64.3 Å². The molecular formula is C25H27N3O4S2. The van der Waals surface area contributed by atoms with Crippen LogP contribution in [0, 0.1) is 0 Å². The number of nitrogens with zero attached hydrogens (tertiary/aromatic N) is 2. The van der Waals surface area contributed by atoms with Crippen molar-refractivity contribution in [2.45, 2.75) is 61.5 Å². The molecule has 2 aliphatic rings. The van der Waals surface area contributed by atoms with Gasteiger partial charge >= 0.3 is 0 Å². The summed E-state index contributed by atoms with van der Waals surface area (Å²) in [7, 11) is -3.80. The highest BCUT2D eigenvalue weighted by molar-refractivity contribution is 7.91. The van der Waals surface area contributed by atoms with E-state index >= 15 is 0 Å². The Labute approximate surface area is 203 Å². The quantitative estimate of drug-likeness (QED) is 0.535. The van der Waals surface area contributed by atoms with Gasteiger partial charge in [0.15, 0.2) is 0 Å². The van der Waals surface area contributed by atoms with Gasteiger partial charge < -0.3 is 10.1 Å². The van der Waals surface area contributed by atoms with Gasteiger partial charge in [-0.2, -0.15) is 4.31 Å². The minimum Gasteiger partial charge on any atom is -0.474 e. The molecule has 0 bridgehead atoms. The number of sulfonamides is 1. The first kappa shape index (κ1) is 23.0. The molecule has 5 rings (SSSR count). The van der Waals surface area contributed by atoms with Crippen LogP contribution in [0.25, 0.3) is 0 Å². The molecule has 178 valence electrons. The van der Waals surface area contributed by atoms with Crippen LogP contribution in [0.3, 0.4) is 0 Å². The van der Waals surface area contributed by atoms with Crippen LogP contribution in [0.1, 0.15) is 42.4 Å². The average Bonchev–Trinajstić information content (AvgIpc) is 3.57. The maximum absolute atomic E-state index is 13.4. The lowest BCUT2D eigenvalue weighted by atomic mass is 9.95. The fourth-order valence-electron chi connectivity index (χ4n) is 4.61. The lowest BCUT2D eigenvalue weighted by molar-refractivity contribution is -0.125. The van der Waals surface area contributed by atoms with Crippen LogP contribution >= 0.6 is 11.3 Å². The van der Waals surface area contributed by atoms with Crippen molar-refractivity contribution in [1.82, 2.24) is 14.6 Å². The number of carbonyl (C=O) groups is 1. The van der Waals surface area contributed by atoms with E-state index < -0.39 is 16.1 Å². The average molecular weight is 498 g/mol. The van der Waals surface area contributed by atoms with Gasteiger partial charge in [0.2, 0.25) is 11.8 Å². The zero-order chi connectivity index (χ0) is 23.5. The molecule has 1 aromatic carbocycles. The highest BCUT2D eigenvalue weighted by Crippen LogP contribution is 2.31. The van der Waals surface area contributed by atoms with Gasteiger partial charge in [0.25, 0.3) is 10.0 Å². The Morgan fingerprint density at radius 1 is 1.12 bits per heavy atom. The second kappa shape index (κ2) is 9.85. The second-order valence-corrected chi connectivity index (χ2v) is 11.8. The summed E-state index contributed by atoms with van der Waals surface area (Å²) in [5, 5.41) is 4.67. The maximum Gasteiger partial charge on any atom is 0.253 e. The molecule has 3 heterocycles. The molecule has 34 heavy (non-hydrogen) atoms. The molecule has 1 aliphatic carbocycles. The van der Waals surface area contributed by atoms with Gasteiger partial charge in [-0.25, -0.2) is 13.4 Å². The molecule has 0 spiro atoms. The first-order valence-corrected chi connectivity index (χ1v) is 13.8. The maximum atomic E-state index is 13.4. The Kier molecular flexibility index (Phi) is 6.67. The molecule has 0 saturated heterocycles. The van der Waals surface area contributed by atoms with Gasteiger partial charge in [-0.15, -0.1) is 11.3 Å². The molecule has 1 N–H and O–H groups in total. The third-order valence-electron chi connectivity index (χ3n) is 6.42. The largest absolute Gasteiger partial charge is 0.474 e. The third kappa shape index (κ3) is 4.87. The van der Waals surface area contributed by atoms with E-state index in [1.807, 2.05) is 36.4 Å². The van der Waals surface area contributed by atoms with Crippen molar-refractivity contribution in [3.05, 3.63) is 76.8 Å². The number of ether oxygens (including phenoxy) is 1. The molecule has 9 heteroatoms. The summed E-state index contributed by atoms with van der Waals surface area (Å²) < 4.78 is 34.3. The normalized spacial score (nSPS) is 19.0. The summed E-state index contributed by atoms with van der Waals surface area (Å²) in [6, 6.07) is 13.8. The molecule has 1 atom stereocenters. The number of pyridine rings is 1. The first-order valence-electron chi connectivity index (χ1n) is 11.5. The Morgan fingerprint density at radius 3 is 2.68 bits per heavy atom. The molecule has 2 aromatic heterocycles. The number of rotatable bonds is 7. The molecule has 1 amide bonds. The predicted molar refractivity (Wildman–Crippen MR) is 130 cm³/mol. The topological polar surface area (TPSA) is 88.6 Å². The van der Waals surface area contributed by atoms with Gasteiger partial charge in [0, 0.05) is 25.4 Å². The summed E-state index contributed by atoms with van der Waals surface area (Å²) in [6.07, 6.45) is 6.65. The highest BCUT2D eigenvalue weighted by Gasteiger charge is 2.39. The van der Waals surface area contributed by atoms with E-state index in [0.717, 1.165) is 40.9 Å². The molecule has 1 saturated carbocycles. The molecule has 3 aromatic rings. The summed E-state index contributed by atoms with van der Waals surface area (Å²) in [5.74, 6) is 0.247. The predicted octanol–water partition coefficient (Wildman–Crippen LogP) is 3.90. The standard InChI is InChI=1S/C25H27N3O4S2/c29-25(27-16-18-11-12-26-23(14-18)32-21-8-3-4-9-21)22-15-19-6-1-2-7-20(19)17-28(22)34(30,31)24-10-5-13-33-24/h1-2,5-7,10-14,21-22H,3-4,8-9,15-17H2,(H,27,29)/t22-/m0/s1. The van der Waals surface area contributed by atoms with Crippen molar-refractivity contribution in [3.63, 3.8) is 0 Å². The highest BCUT2D eigenvalue weighted by atomic mass is 32.2. The second-order valence-electron chi connectivity index (χ2n) is 8.72. The number of hydrogen-bond acceptors (Lipinski definition) is 6. The fourth-order valence-corrected chi connectivity index (χ4v) is 7.29. The zero-order valence-electron chi connectivity index (χ0n) is 18.7. The first-order chi connectivity index (χ1) is 16.5. The number of amides is 1. The lowest BCUT2D eigenvalue weighted by Crippen LogP contribution is -2.52. The van der Waals surface area contributed by atoms with E-state index in [2.05, 4.69) is 10.3 Å². The van der Waals surface area contributed by atoms with Crippen molar-refractivity contribution >= 4 is 27.3 Å². The monoisotopic (exact) mass is 497 g/mol. The summed E-state index contributed by atoms with van der Waals surface area (Å²) in [4.78, 5) is 17.6. The molecule has 1 fully saturated rings. The third-order valence-corrected chi connectivity index (χ3v) is 9.65. The Bertz CT molecular complexity index is 1250. The molecule has 1 aliphatic heterocycles. The van der Waals surface area contributed by atoms with E-state index in [9.17, 15) is 13.2 Å². The SMILES string of the molecule is O=C(NCc1ccnc(OC2CCCC2)c1)[C@@H]1Cc2ccccc2CN1S(=O)(=O)c1cccs1. The summed E-state index contributed by atoms with van der Waals surface area (Å²) >= 11 is 1.16. The van der Waals surface area contributed by atoms with Crippen LogP contribution in [0.4, 0.5) is 0 Å². The lowest BCUT2D eigenvalue weighted by Gasteiger charge is -2.34. The minimum absolute atomic E-state index is 0.170. The molecule has 0 radical (unpaired) electrons. The number of hydrogen-bond donors (Lipinski definition) is 1. The van der Waals surface area contributed by atoms with Crippen molar-refractivity contribution in [1.29, 1.82) is 0 Å². The molecular weight excluding hydrogens is 470 g/mol. The summed E-state index contributed by atoms with van der Waals surface area (Å²) in [6.45, 7) is 0.441. The number of benzene rings is 1. The van der Waals surface area contributed by atoms with Crippen LogP contribution in [0.5, 0.6) is 5.88 Å². The van der Waals surface area contributed by atoms with Crippen LogP contribution < -0.4 is 10.1 Å². The Balaban J connectivity index is 1.33. The van der Waals surface area contributed by atoms with Crippen LogP contribution in [0.2, 0.25) is 0 Å². The van der Waals surface area contributed by atoms with Crippen LogP contribution in [-0.2, 0) is 34.3 Å². The fraction of sp³-hybridized carbons (Fsp3) is 0.360. The van der Waals surface area contributed by atoms with Gasteiger partial charge in [0.05, 0.1) is 0 Å². The number of thiophene rings is 1. The Hall–Kier alpha value is -2.75. The Morgan fingerprint density at radius 2 is 1.91 bits per heavy atom. The van der Waals surface area contributed by atoms with Crippen molar-refractivity contribution in [3.8, 4) is 5.88 Å². The number of aromatic nitrogens is 1. The molecule has 0 unspecified atom stereocenters. The van der Waals surface area contributed by atoms with E-state index in [0.29, 0.717) is 12.3 Å². The molecule has 7 nitrogen and oxygen atoms in total. The smallest absolute Gasteiger partial charge is 0.253 e. The van der Waals surface area contributed by atoms with Gasteiger partial charge in [-0.3, -0.25) is 4.79 Å². The number of carbonyl (C=O) groups excluding carboxylic acids is 1. The summed E-state index contributed by atoms with van der Waals surface area (Å²) in [5.41, 5.74) is 2.78. The number of fused-ring (bicyclic) bond motifs is 1. The van der Waals surface area contributed by atoms with E-state index in [4.69, 9.17) is 4.74 Å². The van der Waals surface area contributed by atoms with E-state index in [1.165, 1.54) is 17.1 Å². The van der Waals surface area contributed by atoms with E-state index in [-0.39, 0.29) is 29.3 Å².